The van der Waals surface area contributed by atoms with Crippen LogP contribution in [0.5, 0.6) is 17.2 Å². The number of halogens is 1. The van der Waals surface area contributed by atoms with Gasteiger partial charge in [-0.25, -0.2) is 4.79 Å². The van der Waals surface area contributed by atoms with Gasteiger partial charge in [-0.3, -0.25) is 0 Å². The molecule has 0 aliphatic heterocycles. The van der Waals surface area contributed by atoms with E-state index in [1.54, 1.807) is 36.4 Å². The van der Waals surface area contributed by atoms with Crippen LogP contribution in [0, 0.1) is 0 Å². The molecule has 7 heteroatoms. The zero-order valence-electron chi connectivity index (χ0n) is 18.6. The van der Waals surface area contributed by atoms with Crippen molar-refractivity contribution in [3.8, 4) is 17.2 Å². The number of rotatable bonds is 14. The molecule has 0 spiro atoms. The first-order chi connectivity index (χ1) is 15.4. The highest BCUT2D eigenvalue weighted by Crippen LogP contribution is 2.30. The molecule has 0 radical (unpaired) electrons. The summed E-state index contributed by atoms with van der Waals surface area (Å²) >= 11 is 5.96. The topological polar surface area (TPSA) is 85.2 Å². The minimum Gasteiger partial charge on any atom is -0.506 e. The van der Waals surface area contributed by atoms with Crippen molar-refractivity contribution in [1.29, 1.82) is 0 Å². The molecule has 0 saturated heterocycles. The van der Waals surface area contributed by atoms with Crippen LogP contribution in [-0.4, -0.2) is 42.6 Å². The smallest absolute Gasteiger partial charge is 0.331 e. The van der Waals surface area contributed by atoms with Crippen LogP contribution in [0.4, 0.5) is 0 Å². The van der Waals surface area contributed by atoms with Gasteiger partial charge in [-0.15, -0.1) is 0 Å². The molecule has 0 fully saturated rings. The Kier molecular flexibility index (Phi) is 10.9. The second-order valence-electron chi connectivity index (χ2n) is 7.21. The fourth-order valence-corrected chi connectivity index (χ4v) is 3.13. The summed E-state index contributed by atoms with van der Waals surface area (Å²) in [4.78, 5) is 11.6. The van der Waals surface area contributed by atoms with E-state index in [9.17, 15) is 15.0 Å². The van der Waals surface area contributed by atoms with E-state index in [0.29, 0.717) is 55.8 Å². The Bertz CT molecular complexity index is 909. The number of phenols is 1. The van der Waals surface area contributed by atoms with Gasteiger partial charge in [0.25, 0.3) is 0 Å². The van der Waals surface area contributed by atoms with Gasteiger partial charge < -0.3 is 24.4 Å². The highest BCUT2D eigenvalue weighted by Gasteiger charge is 2.11. The molecule has 174 valence electrons. The Labute approximate surface area is 194 Å². The summed E-state index contributed by atoms with van der Waals surface area (Å²) in [5, 5.41) is 19.3. The van der Waals surface area contributed by atoms with Gasteiger partial charge in [0.05, 0.1) is 24.8 Å². The Morgan fingerprint density at radius 3 is 2.50 bits per heavy atom. The predicted molar refractivity (Wildman–Crippen MR) is 126 cm³/mol. The van der Waals surface area contributed by atoms with E-state index < -0.39 is 5.97 Å². The lowest BCUT2D eigenvalue weighted by atomic mass is 10.1. The molecule has 32 heavy (non-hydrogen) atoms. The van der Waals surface area contributed by atoms with Crippen LogP contribution < -0.4 is 9.47 Å². The third-order valence-electron chi connectivity index (χ3n) is 4.72. The summed E-state index contributed by atoms with van der Waals surface area (Å²) < 4.78 is 17.1. The summed E-state index contributed by atoms with van der Waals surface area (Å²) in [6, 6.07) is 10.5. The van der Waals surface area contributed by atoms with E-state index in [4.69, 9.17) is 25.8 Å². The van der Waals surface area contributed by atoms with Gasteiger partial charge in [-0.1, -0.05) is 37.1 Å². The monoisotopic (exact) mass is 462 g/mol. The Morgan fingerprint density at radius 1 is 1.03 bits per heavy atom. The molecule has 0 unspecified atom stereocenters. The molecule has 6 nitrogen and oxygen atoms in total. The molecule has 0 aliphatic rings. The fourth-order valence-electron chi connectivity index (χ4n) is 2.93. The highest BCUT2D eigenvalue weighted by molar-refractivity contribution is 6.32. The van der Waals surface area contributed by atoms with Gasteiger partial charge in [0, 0.05) is 25.0 Å². The summed E-state index contributed by atoms with van der Waals surface area (Å²) in [6.07, 6.45) is 4.47. The number of benzene rings is 2. The van der Waals surface area contributed by atoms with Crippen LogP contribution >= 0.6 is 11.6 Å². The van der Waals surface area contributed by atoms with E-state index >= 15 is 0 Å². The molecule has 0 amide bonds. The maximum Gasteiger partial charge on any atom is 0.331 e. The average molecular weight is 463 g/mol. The molecule has 2 rings (SSSR count). The fraction of sp³-hybridized carbons (Fsp3) is 0.400. The van der Waals surface area contributed by atoms with Crippen molar-refractivity contribution in [2.75, 3.05) is 26.4 Å². The van der Waals surface area contributed by atoms with E-state index in [1.807, 2.05) is 13.0 Å². The van der Waals surface area contributed by atoms with Crippen molar-refractivity contribution >= 4 is 23.6 Å². The largest absolute Gasteiger partial charge is 0.506 e. The molecule has 2 aromatic carbocycles. The number of phenolic OH excluding ortho intramolecular Hbond substituents is 1. The molecular formula is C25H31ClO6. The molecule has 0 heterocycles. The van der Waals surface area contributed by atoms with Crippen molar-refractivity contribution < 1.29 is 29.2 Å². The van der Waals surface area contributed by atoms with Gasteiger partial charge >= 0.3 is 5.97 Å². The maximum absolute atomic E-state index is 11.6. The molecular weight excluding hydrogens is 432 g/mol. The van der Waals surface area contributed by atoms with Crippen LogP contribution in [0.15, 0.2) is 42.0 Å². The van der Waals surface area contributed by atoms with Crippen molar-refractivity contribution in [3.05, 3.63) is 58.1 Å². The van der Waals surface area contributed by atoms with Crippen LogP contribution in [0.2, 0.25) is 5.02 Å². The first-order valence-electron chi connectivity index (χ1n) is 10.8. The summed E-state index contributed by atoms with van der Waals surface area (Å²) in [7, 11) is 0. The molecule has 0 aromatic heterocycles. The lowest BCUT2D eigenvalue weighted by molar-refractivity contribution is -0.132. The zero-order valence-corrected chi connectivity index (χ0v) is 19.4. The second-order valence-corrected chi connectivity index (χ2v) is 7.62. The number of hydrogen-bond donors (Lipinski definition) is 2. The van der Waals surface area contributed by atoms with Gasteiger partial charge in [0.1, 0.15) is 5.75 Å². The Morgan fingerprint density at radius 2 is 1.81 bits per heavy atom. The SMILES string of the molecule is CCCCOc1cc(C=C(CCOCC)C(=O)O)ccc1OCCc1ccc(O)c(Cl)c1. The van der Waals surface area contributed by atoms with Crippen LogP contribution in [0.1, 0.15) is 44.2 Å². The highest BCUT2D eigenvalue weighted by atomic mass is 35.5. The van der Waals surface area contributed by atoms with Crippen molar-refractivity contribution in [1.82, 2.24) is 0 Å². The first kappa shape index (κ1) is 25.6. The summed E-state index contributed by atoms with van der Waals surface area (Å²) in [5.74, 6) is 0.249. The quantitative estimate of drug-likeness (QED) is 0.275. The minimum atomic E-state index is -0.967. The van der Waals surface area contributed by atoms with Crippen LogP contribution in [-0.2, 0) is 16.0 Å². The Balaban J connectivity index is 2.14. The second kappa shape index (κ2) is 13.7. The van der Waals surface area contributed by atoms with E-state index in [-0.39, 0.29) is 11.3 Å². The van der Waals surface area contributed by atoms with Crippen molar-refractivity contribution in [2.24, 2.45) is 0 Å². The summed E-state index contributed by atoms with van der Waals surface area (Å²) in [6.45, 7) is 5.81. The molecule has 0 aliphatic carbocycles. The number of aromatic hydroxyl groups is 1. The molecule has 0 bridgehead atoms. The maximum atomic E-state index is 11.6. The van der Waals surface area contributed by atoms with Gasteiger partial charge in [-0.05, 0) is 54.8 Å². The molecule has 2 aromatic rings. The van der Waals surface area contributed by atoms with E-state index in [0.717, 1.165) is 24.0 Å². The minimum absolute atomic E-state index is 0.0496. The lowest BCUT2D eigenvalue weighted by Gasteiger charge is -2.14. The van der Waals surface area contributed by atoms with Gasteiger partial charge in [0.2, 0.25) is 0 Å². The standard InChI is InChI=1S/C25H31ClO6/c1-3-5-12-31-24-17-19(15-20(25(28)29)11-13-30-4-2)7-9-23(24)32-14-10-18-6-8-22(27)21(26)16-18/h6-9,15-17,27H,3-5,10-14H2,1-2H3,(H,28,29). The number of carboxylic acid groups (broad SMARTS) is 1. The van der Waals surface area contributed by atoms with E-state index in [1.165, 1.54) is 0 Å². The molecule has 2 N–H and O–H groups in total. The number of carbonyl (C=O) groups is 1. The van der Waals surface area contributed by atoms with Gasteiger partial charge in [-0.2, -0.15) is 0 Å². The number of ether oxygens (including phenoxy) is 3. The predicted octanol–water partition coefficient (Wildman–Crippen LogP) is 5.74. The molecule has 0 atom stereocenters. The number of carboxylic acids is 1. The van der Waals surface area contributed by atoms with Gasteiger partial charge in [0.15, 0.2) is 11.5 Å². The van der Waals surface area contributed by atoms with Crippen molar-refractivity contribution in [3.63, 3.8) is 0 Å². The third-order valence-corrected chi connectivity index (χ3v) is 5.02. The van der Waals surface area contributed by atoms with Crippen molar-refractivity contribution in [2.45, 2.75) is 39.5 Å². The number of unbranched alkanes of at least 4 members (excludes halogenated alkanes) is 1. The Hall–Kier alpha value is -2.70. The number of aliphatic carboxylic acids is 1. The van der Waals surface area contributed by atoms with E-state index in [2.05, 4.69) is 6.92 Å². The lowest BCUT2D eigenvalue weighted by Crippen LogP contribution is -2.06. The normalized spacial score (nSPS) is 11.4. The first-order valence-corrected chi connectivity index (χ1v) is 11.2. The van der Waals surface area contributed by atoms with Crippen LogP contribution in [0.25, 0.3) is 6.08 Å². The number of hydrogen-bond acceptors (Lipinski definition) is 5. The third kappa shape index (κ3) is 8.44. The van der Waals surface area contributed by atoms with Crippen LogP contribution in [0.3, 0.4) is 0 Å². The zero-order chi connectivity index (χ0) is 23.3. The molecule has 0 saturated carbocycles. The average Bonchev–Trinajstić information content (AvgIpc) is 2.77. The summed E-state index contributed by atoms with van der Waals surface area (Å²) in [5.41, 5.74) is 1.94.